The van der Waals surface area contributed by atoms with Crippen LogP contribution in [0.3, 0.4) is 0 Å². The third-order valence-electron chi connectivity index (χ3n) is 3.66. The summed E-state index contributed by atoms with van der Waals surface area (Å²) in [5, 5.41) is 9.35. The summed E-state index contributed by atoms with van der Waals surface area (Å²) in [4.78, 5) is 13.4. The van der Waals surface area contributed by atoms with Crippen LogP contribution in [0.4, 0.5) is 0 Å². The number of carboxylic acid groups (broad SMARTS) is 1. The van der Waals surface area contributed by atoms with E-state index in [0.717, 1.165) is 38.6 Å². The Morgan fingerprint density at radius 2 is 1.93 bits per heavy atom. The summed E-state index contributed by atoms with van der Waals surface area (Å²) in [7, 11) is 1.97. The van der Waals surface area contributed by atoms with Gasteiger partial charge in [-0.05, 0) is 32.9 Å². The van der Waals surface area contributed by atoms with Gasteiger partial charge in [0.2, 0.25) is 0 Å². The summed E-state index contributed by atoms with van der Waals surface area (Å²) < 4.78 is 0. The summed E-state index contributed by atoms with van der Waals surface area (Å²) >= 11 is 0. The number of rotatable bonds is 6. The van der Waals surface area contributed by atoms with E-state index in [1.165, 1.54) is 12.8 Å². The highest BCUT2D eigenvalue weighted by atomic mass is 16.4. The van der Waals surface area contributed by atoms with Crippen molar-refractivity contribution in [3.63, 3.8) is 0 Å². The molecule has 3 heteroatoms. The Morgan fingerprint density at radius 1 is 1.33 bits per heavy atom. The average molecular weight is 213 g/mol. The molecule has 15 heavy (non-hydrogen) atoms. The highest BCUT2D eigenvalue weighted by Crippen LogP contribution is 2.34. The number of hydrogen-bond donors (Lipinski definition) is 1. The average Bonchev–Trinajstić information content (AvgIpc) is 2.67. The van der Waals surface area contributed by atoms with Crippen molar-refractivity contribution in [2.24, 2.45) is 0 Å². The molecule has 1 fully saturated rings. The Bertz CT molecular complexity index is 210. The Hall–Kier alpha value is -0.570. The Balaban J connectivity index is 2.52. The summed E-state index contributed by atoms with van der Waals surface area (Å²) in [6, 6.07) is 0. The number of hydrogen-bond acceptors (Lipinski definition) is 2. The van der Waals surface area contributed by atoms with Crippen molar-refractivity contribution in [2.75, 3.05) is 13.6 Å². The highest BCUT2D eigenvalue weighted by molar-refractivity contribution is 5.79. The van der Waals surface area contributed by atoms with Crippen LogP contribution in [0.1, 0.15) is 51.9 Å². The molecule has 0 heterocycles. The van der Waals surface area contributed by atoms with Crippen molar-refractivity contribution in [3.05, 3.63) is 0 Å². The van der Waals surface area contributed by atoms with Crippen molar-refractivity contribution in [1.82, 2.24) is 4.90 Å². The lowest BCUT2D eigenvalue weighted by Gasteiger charge is -2.34. The van der Waals surface area contributed by atoms with Crippen LogP contribution < -0.4 is 0 Å². The van der Waals surface area contributed by atoms with Crippen LogP contribution in [0.5, 0.6) is 0 Å². The zero-order chi connectivity index (χ0) is 11.3. The smallest absolute Gasteiger partial charge is 0.324 e. The molecule has 1 aliphatic carbocycles. The van der Waals surface area contributed by atoms with Crippen molar-refractivity contribution in [2.45, 2.75) is 57.4 Å². The minimum atomic E-state index is -0.626. The van der Waals surface area contributed by atoms with Crippen LogP contribution in [0.15, 0.2) is 0 Å². The Kier molecular flexibility index (Phi) is 4.58. The number of carbonyl (C=O) groups is 1. The summed E-state index contributed by atoms with van der Waals surface area (Å²) in [6.45, 7) is 3.09. The van der Waals surface area contributed by atoms with Crippen molar-refractivity contribution >= 4 is 5.97 Å². The highest BCUT2D eigenvalue weighted by Gasteiger charge is 2.44. The van der Waals surface area contributed by atoms with Gasteiger partial charge < -0.3 is 5.11 Å². The van der Waals surface area contributed by atoms with E-state index in [1.54, 1.807) is 0 Å². The SMILES string of the molecule is CCCCCN(C)C1(C(=O)O)CCCC1. The van der Waals surface area contributed by atoms with Gasteiger partial charge >= 0.3 is 5.97 Å². The molecule has 1 rings (SSSR count). The van der Waals surface area contributed by atoms with Gasteiger partial charge in [0.25, 0.3) is 0 Å². The lowest BCUT2D eigenvalue weighted by Crippen LogP contribution is -2.51. The van der Waals surface area contributed by atoms with Gasteiger partial charge in [0.15, 0.2) is 0 Å². The molecule has 0 aromatic heterocycles. The second-order valence-corrected chi connectivity index (χ2v) is 4.67. The first-order valence-corrected chi connectivity index (χ1v) is 6.08. The molecule has 3 nitrogen and oxygen atoms in total. The molecule has 0 aromatic carbocycles. The molecule has 0 spiro atoms. The summed E-state index contributed by atoms with van der Waals surface area (Å²) in [5.74, 6) is -0.626. The molecule has 1 N–H and O–H groups in total. The van der Waals surface area contributed by atoms with E-state index in [1.807, 2.05) is 7.05 Å². The second-order valence-electron chi connectivity index (χ2n) is 4.67. The van der Waals surface area contributed by atoms with Gasteiger partial charge in [-0.25, -0.2) is 0 Å². The molecular formula is C12H23NO2. The second kappa shape index (κ2) is 5.50. The van der Waals surface area contributed by atoms with Gasteiger partial charge in [-0.2, -0.15) is 0 Å². The maximum atomic E-state index is 11.4. The maximum Gasteiger partial charge on any atom is 0.324 e. The first kappa shape index (κ1) is 12.5. The molecule has 0 saturated heterocycles. The molecule has 1 saturated carbocycles. The van der Waals surface area contributed by atoms with E-state index in [2.05, 4.69) is 11.8 Å². The number of nitrogens with zero attached hydrogens (tertiary/aromatic N) is 1. The van der Waals surface area contributed by atoms with Crippen molar-refractivity contribution < 1.29 is 9.90 Å². The van der Waals surface area contributed by atoms with E-state index in [4.69, 9.17) is 0 Å². The van der Waals surface area contributed by atoms with Crippen LogP contribution in [-0.4, -0.2) is 35.1 Å². The first-order valence-electron chi connectivity index (χ1n) is 6.08. The van der Waals surface area contributed by atoms with Crippen LogP contribution >= 0.6 is 0 Å². The van der Waals surface area contributed by atoms with Gasteiger partial charge in [0.05, 0.1) is 0 Å². The predicted octanol–water partition coefficient (Wildman–Crippen LogP) is 2.51. The zero-order valence-electron chi connectivity index (χ0n) is 9.96. The molecular weight excluding hydrogens is 190 g/mol. The lowest BCUT2D eigenvalue weighted by molar-refractivity contribution is -0.150. The summed E-state index contributed by atoms with van der Waals surface area (Å²) in [5.41, 5.74) is -0.548. The van der Waals surface area contributed by atoms with Gasteiger partial charge in [0, 0.05) is 0 Å². The van der Waals surface area contributed by atoms with E-state index < -0.39 is 11.5 Å². The normalized spacial score (nSPS) is 19.7. The molecule has 0 aliphatic heterocycles. The molecule has 0 radical (unpaired) electrons. The Morgan fingerprint density at radius 3 is 2.40 bits per heavy atom. The van der Waals surface area contributed by atoms with E-state index in [9.17, 15) is 9.90 Å². The number of unbranched alkanes of at least 4 members (excludes halogenated alkanes) is 2. The third-order valence-corrected chi connectivity index (χ3v) is 3.66. The molecule has 0 atom stereocenters. The standard InChI is InChI=1S/C12H23NO2/c1-3-4-7-10-13(2)12(11(14)15)8-5-6-9-12/h3-10H2,1-2H3,(H,14,15). The zero-order valence-corrected chi connectivity index (χ0v) is 9.96. The molecule has 0 aromatic rings. The third kappa shape index (κ3) is 2.71. The number of carboxylic acids is 1. The van der Waals surface area contributed by atoms with Crippen molar-refractivity contribution in [3.8, 4) is 0 Å². The van der Waals surface area contributed by atoms with E-state index in [-0.39, 0.29) is 0 Å². The predicted molar refractivity (Wildman–Crippen MR) is 61.0 cm³/mol. The molecule has 0 unspecified atom stereocenters. The molecule has 88 valence electrons. The van der Waals surface area contributed by atoms with Crippen LogP contribution in [0, 0.1) is 0 Å². The van der Waals surface area contributed by atoms with Crippen LogP contribution in [0.2, 0.25) is 0 Å². The maximum absolute atomic E-state index is 11.4. The minimum Gasteiger partial charge on any atom is -0.480 e. The van der Waals surface area contributed by atoms with Gasteiger partial charge in [0.1, 0.15) is 5.54 Å². The van der Waals surface area contributed by atoms with Gasteiger partial charge in [-0.3, -0.25) is 9.69 Å². The largest absolute Gasteiger partial charge is 0.480 e. The topological polar surface area (TPSA) is 40.5 Å². The molecule has 1 aliphatic rings. The fraction of sp³-hybridized carbons (Fsp3) is 0.917. The Labute approximate surface area is 92.5 Å². The van der Waals surface area contributed by atoms with Gasteiger partial charge in [-0.1, -0.05) is 32.6 Å². The monoisotopic (exact) mass is 213 g/mol. The fourth-order valence-electron chi connectivity index (χ4n) is 2.53. The molecule has 0 bridgehead atoms. The lowest BCUT2D eigenvalue weighted by atomic mass is 9.95. The summed E-state index contributed by atoms with van der Waals surface area (Å²) in [6.07, 6.45) is 7.26. The van der Waals surface area contributed by atoms with Crippen molar-refractivity contribution in [1.29, 1.82) is 0 Å². The van der Waals surface area contributed by atoms with Crippen LogP contribution in [0.25, 0.3) is 0 Å². The van der Waals surface area contributed by atoms with E-state index in [0.29, 0.717) is 0 Å². The van der Waals surface area contributed by atoms with E-state index >= 15 is 0 Å². The fourth-order valence-corrected chi connectivity index (χ4v) is 2.53. The molecule has 0 amide bonds. The van der Waals surface area contributed by atoms with Crippen LogP contribution in [-0.2, 0) is 4.79 Å². The van der Waals surface area contributed by atoms with Gasteiger partial charge in [-0.15, -0.1) is 0 Å². The quantitative estimate of drug-likeness (QED) is 0.689. The number of aliphatic carboxylic acids is 1. The minimum absolute atomic E-state index is 0.548. The number of likely N-dealkylation sites (N-methyl/N-ethyl adjacent to an activating group) is 1. The first-order chi connectivity index (χ1) is 7.13.